The molecular formula is C13H25N3O4S. The van der Waals surface area contributed by atoms with Crippen molar-refractivity contribution in [2.75, 3.05) is 32.4 Å². The van der Waals surface area contributed by atoms with Gasteiger partial charge in [0.15, 0.2) is 0 Å². The van der Waals surface area contributed by atoms with Crippen LogP contribution in [0.3, 0.4) is 0 Å². The second-order valence-electron chi connectivity index (χ2n) is 5.76. The van der Waals surface area contributed by atoms with Gasteiger partial charge < -0.3 is 10.2 Å². The van der Waals surface area contributed by atoms with Gasteiger partial charge in [0.1, 0.15) is 6.04 Å². The molecule has 1 N–H and O–H groups in total. The molecule has 1 fully saturated rings. The summed E-state index contributed by atoms with van der Waals surface area (Å²) in [6.07, 6.45) is 1.78. The van der Waals surface area contributed by atoms with Crippen LogP contribution in [-0.2, 0) is 19.6 Å². The fourth-order valence-corrected chi connectivity index (χ4v) is 3.25. The van der Waals surface area contributed by atoms with E-state index in [-0.39, 0.29) is 17.7 Å². The maximum absolute atomic E-state index is 12.5. The van der Waals surface area contributed by atoms with Crippen molar-refractivity contribution in [3.05, 3.63) is 0 Å². The van der Waals surface area contributed by atoms with Crippen LogP contribution in [0.4, 0.5) is 0 Å². The summed E-state index contributed by atoms with van der Waals surface area (Å²) < 4.78 is 24.5. The maximum atomic E-state index is 12.5. The van der Waals surface area contributed by atoms with Gasteiger partial charge in [-0.05, 0) is 12.3 Å². The van der Waals surface area contributed by atoms with Crippen LogP contribution in [0, 0.1) is 5.92 Å². The van der Waals surface area contributed by atoms with Crippen molar-refractivity contribution in [3.63, 3.8) is 0 Å². The summed E-state index contributed by atoms with van der Waals surface area (Å²) in [5, 5.41) is 2.68. The van der Waals surface area contributed by atoms with Crippen LogP contribution in [0.1, 0.15) is 27.2 Å². The molecule has 1 atom stereocenters. The number of nitrogens with one attached hydrogen (secondary N) is 1. The van der Waals surface area contributed by atoms with Crippen molar-refractivity contribution >= 4 is 21.8 Å². The van der Waals surface area contributed by atoms with Crippen molar-refractivity contribution < 1.29 is 18.0 Å². The summed E-state index contributed by atoms with van der Waals surface area (Å²) >= 11 is 0. The first-order chi connectivity index (χ1) is 9.62. The molecule has 1 saturated heterocycles. The quantitative estimate of drug-likeness (QED) is 0.767. The zero-order valence-electron chi connectivity index (χ0n) is 13.1. The van der Waals surface area contributed by atoms with Gasteiger partial charge in [-0.15, -0.1) is 0 Å². The summed E-state index contributed by atoms with van der Waals surface area (Å²) in [6, 6.07) is -0.563. The minimum Gasteiger partial charge on any atom is -0.344 e. The molecular weight excluding hydrogens is 294 g/mol. The van der Waals surface area contributed by atoms with E-state index >= 15 is 0 Å². The van der Waals surface area contributed by atoms with E-state index in [4.69, 9.17) is 0 Å². The molecule has 0 aromatic carbocycles. The second kappa shape index (κ2) is 7.22. The lowest BCUT2D eigenvalue weighted by atomic mass is 10.0. The summed E-state index contributed by atoms with van der Waals surface area (Å²) in [6.45, 7) is 6.72. The average molecular weight is 319 g/mol. The van der Waals surface area contributed by atoms with E-state index in [0.717, 1.165) is 0 Å². The highest BCUT2D eigenvalue weighted by atomic mass is 32.2. The number of amides is 2. The topological polar surface area (TPSA) is 86.8 Å². The molecule has 1 aliphatic heterocycles. The minimum atomic E-state index is -3.23. The van der Waals surface area contributed by atoms with Gasteiger partial charge >= 0.3 is 0 Å². The summed E-state index contributed by atoms with van der Waals surface area (Å²) in [5.41, 5.74) is 0. The third kappa shape index (κ3) is 5.28. The van der Waals surface area contributed by atoms with Gasteiger partial charge in [0.25, 0.3) is 0 Å². The lowest BCUT2D eigenvalue weighted by molar-refractivity contribution is -0.137. The van der Waals surface area contributed by atoms with Crippen molar-refractivity contribution in [3.8, 4) is 0 Å². The van der Waals surface area contributed by atoms with Crippen LogP contribution in [0.5, 0.6) is 0 Å². The van der Waals surface area contributed by atoms with Crippen LogP contribution in [0.2, 0.25) is 0 Å². The number of carbonyl (C=O) groups excluding carboxylic acids is 2. The van der Waals surface area contributed by atoms with Crippen molar-refractivity contribution in [2.45, 2.75) is 33.2 Å². The fourth-order valence-electron chi connectivity index (χ4n) is 2.38. The standard InChI is InChI=1S/C13H25N3O4S/c1-10(2)12(14-11(3)17)13(18)15-6-5-7-16(9-8-15)21(4,19)20/h10,12H,5-9H2,1-4H3,(H,14,17)/t12-/m1/s1. The maximum Gasteiger partial charge on any atom is 0.245 e. The van der Waals surface area contributed by atoms with E-state index < -0.39 is 16.1 Å². The van der Waals surface area contributed by atoms with Gasteiger partial charge in [-0.2, -0.15) is 0 Å². The van der Waals surface area contributed by atoms with Gasteiger partial charge in [0.2, 0.25) is 21.8 Å². The molecule has 122 valence electrons. The molecule has 0 unspecified atom stereocenters. The Bertz CT molecular complexity index is 490. The molecule has 0 saturated carbocycles. The van der Waals surface area contributed by atoms with Gasteiger partial charge in [-0.1, -0.05) is 13.8 Å². The van der Waals surface area contributed by atoms with E-state index in [2.05, 4.69) is 5.32 Å². The molecule has 0 aromatic heterocycles. The first-order valence-electron chi connectivity index (χ1n) is 7.14. The van der Waals surface area contributed by atoms with Gasteiger partial charge in [0.05, 0.1) is 6.26 Å². The number of hydrogen-bond acceptors (Lipinski definition) is 4. The van der Waals surface area contributed by atoms with Crippen molar-refractivity contribution in [2.24, 2.45) is 5.92 Å². The number of rotatable bonds is 4. The Kier molecular flexibility index (Phi) is 6.15. The SMILES string of the molecule is CC(=O)N[C@@H](C(=O)N1CCCN(S(C)(=O)=O)CC1)C(C)C. The Morgan fingerprint density at radius 2 is 1.71 bits per heavy atom. The molecule has 0 aromatic rings. The number of sulfonamides is 1. The highest BCUT2D eigenvalue weighted by Crippen LogP contribution is 2.11. The zero-order valence-corrected chi connectivity index (χ0v) is 13.9. The third-order valence-corrected chi connectivity index (χ3v) is 4.83. The summed E-state index contributed by atoms with van der Waals surface area (Å²) in [5.74, 6) is -0.402. The second-order valence-corrected chi connectivity index (χ2v) is 7.75. The van der Waals surface area contributed by atoms with Crippen LogP contribution in [-0.4, -0.2) is 67.9 Å². The summed E-state index contributed by atoms with van der Waals surface area (Å²) in [7, 11) is -3.23. The van der Waals surface area contributed by atoms with E-state index in [1.807, 2.05) is 13.8 Å². The Morgan fingerprint density at radius 1 is 1.10 bits per heavy atom. The van der Waals surface area contributed by atoms with Gasteiger partial charge in [0, 0.05) is 33.1 Å². The highest BCUT2D eigenvalue weighted by Gasteiger charge is 2.30. The van der Waals surface area contributed by atoms with E-state index in [0.29, 0.717) is 32.6 Å². The van der Waals surface area contributed by atoms with Crippen LogP contribution >= 0.6 is 0 Å². The Morgan fingerprint density at radius 3 is 2.19 bits per heavy atom. The molecule has 7 nitrogen and oxygen atoms in total. The lowest BCUT2D eigenvalue weighted by Gasteiger charge is -2.28. The Labute approximate surface area is 126 Å². The molecule has 21 heavy (non-hydrogen) atoms. The number of carbonyl (C=O) groups is 2. The molecule has 0 spiro atoms. The molecule has 8 heteroatoms. The molecule has 0 bridgehead atoms. The van der Waals surface area contributed by atoms with Gasteiger partial charge in [-0.25, -0.2) is 12.7 Å². The molecule has 2 amide bonds. The van der Waals surface area contributed by atoms with E-state index in [1.165, 1.54) is 17.5 Å². The van der Waals surface area contributed by atoms with E-state index in [1.54, 1.807) is 4.90 Å². The van der Waals surface area contributed by atoms with E-state index in [9.17, 15) is 18.0 Å². The van der Waals surface area contributed by atoms with Crippen molar-refractivity contribution in [1.82, 2.24) is 14.5 Å². The normalized spacial score (nSPS) is 19.2. The van der Waals surface area contributed by atoms with Crippen LogP contribution < -0.4 is 5.32 Å². The Hall–Kier alpha value is -1.15. The fraction of sp³-hybridized carbons (Fsp3) is 0.846. The average Bonchev–Trinajstić information content (AvgIpc) is 2.59. The predicted octanol–water partition coefficient (Wildman–Crippen LogP) is -0.359. The lowest BCUT2D eigenvalue weighted by Crippen LogP contribution is -2.51. The summed E-state index contributed by atoms with van der Waals surface area (Å²) in [4.78, 5) is 25.4. The molecule has 1 rings (SSSR count). The number of hydrogen-bond donors (Lipinski definition) is 1. The first kappa shape index (κ1) is 17.9. The predicted molar refractivity (Wildman–Crippen MR) is 80.1 cm³/mol. The van der Waals surface area contributed by atoms with Crippen LogP contribution in [0.15, 0.2) is 0 Å². The highest BCUT2D eigenvalue weighted by molar-refractivity contribution is 7.88. The van der Waals surface area contributed by atoms with Crippen molar-refractivity contribution in [1.29, 1.82) is 0 Å². The molecule has 0 aliphatic carbocycles. The monoisotopic (exact) mass is 319 g/mol. The Balaban J connectivity index is 2.76. The van der Waals surface area contributed by atoms with Gasteiger partial charge in [-0.3, -0.25) is 9.59 Å². The van der Waals surface area contributed by atoms with Crippen LogP contribution in [0.25, 0.3) is 0 Å². The zero-order chi connectivity index (χ0) is 16.2. The first-order valence-corrected chi connectivity index (χ1v) is 8.98. The molecule has 0 radical (unpaired) electrons. The smallest absolute Gasteiger partial charge is 0.245 e. The molecule has 1 heterocycles. The molecule has 1 aliphatic rings. The number of nitrogens with zero attached hydrogens (tertiary/aromatic N) is 2. The largest absolute Gasteiger partial charge is 0.344 e. The minimum absolute atomic E-state index is 0.0179. The third-order valence-electron chi connectivity index (χ3n) is 3.53.